The van der Waals surface area contributed by atoms with Gasteiger partial charge in [0.1, 0.15) is 31.3 Å². The number of carbonyl (C=O) groups is 4. The van der Waals surface area contributed by atoms with Crippen LogP contribution in [0.25, 0.3) is 0 Å². The van der Waals surface area contributed by atoms with Gasteiger partial charge in [-0.15, -0.1) is 0 Å². The third kappa shape index (κ3) is 15.4. The molecule has 12 heteroatoms. The van der Waals surface area contributed by atoms with Crippen molar-refractivity contribution >= 4 is 23.7 Å². The summed E-state index contributed by atoms with van der Waals surface area (Å²) in [7, 11) is 1.62. The van der Waals surface area contributed by atoms with Gasteiger partial charge in [-0.05, 0) is 48.5 Å². The molecule has 0 aromatic heterocycles. The van der Waals surface area contributed by atoms with Gasteiger partial charge in [-0.25, -0.2) is 4.79 Å². The van der Waals surface area contributed by atoms with E-state index in [0.29, 0.717) is 48.9 Å². The number of aliphatic hydroxyl groups is 2. The lowest BCUT2D eigenvalue weighted by Gasteiger charge is -2.08. The van der Waals surface area contributed by atoms with Gasteiger partial charge in [-0.2, -0.15) is 0 Å². The Morgan fingerprint density at radius 1 is 0.650 bits per heavy atom. The Balaban J connectivity index is 0.000000453. The third-order valence-electron chi connectivity index (χ3n) is 4.76. The van der Waals surface area contributed by atoms with Crippen LogP contribution in [0.4, 0.5) is 4.79 Å². The Hall–Kier alpha value is -4.00. The van der Waals surface area contributed by atoms with E-state index in [-0.39, 0.29) is 31.4 Å². The van der Waals surface area contributed by atoms with Gasteiger partial charge >= 0.3 is 12.1 Å². The van der Waals surface area contributed by atoms with Gasteiger partial charge in [0.15, 0.2) is 18.2 Å². The van der Waals surface area contributed by atoms with Gasteiger partial charge in [0.05, 0.1) is 13.2 Å². The first kappa shape index (κ1) is 34.0. The molecule has 0 amide bonds. The zero-order valence-electron chi connectivity index (χ0n) is 22.7. The first-order chi connectivity index (χ1) is 19.3. The van der Waals surface area contributed by atoms with Crippen molar-refractivity contribution in [1.29, 1.82) is 0 Å². The van der Waals surface area contributed by atoms with Crippen LogP contribution in [-0.4, -0.2) is 93.9 Å². The summed E-state index contributed by atoms with van der Waals surface area (Å²) in [5.41, 5.74) is 0.851. The molecule has 2 aromatic carbocycles. The van der Waals surface area contributed by atoms with Crippen molar-refractivity contribution in [2.75, 3.05) is 60.0 Å². The summed E-state index contributed by atoms with van der Waals surface area (Å²) in [5.74, 6) is 0.134. The van der Waals surface area contributed by atoms with Crippen LogP contribution in [-0.2, 0) is 23.7 Å². The molecule has 0 bridgehead atoms. The van der Waals surface area contributed by atoms with Gasteiger partial charge in [0.25, 0.3) is 0 Å². The number of esters is 1. The highest BCUT2D eigenvalue weighted by atomic mass is 16.7. The number of hydrogen-bond acceptors (Lipinski definition) is 12. The van der Waals surface area contributed by atoms with Crippen LogP contribution in [0.3, 0.4) is 0 Å². The van der Waals surface area contributed by atoms with E-state index in [1.165, 1.54) is 6.92 Å². The van der Waals surface area contributed by atoms with E-state index in [0.717, 1.165) is 6.42 Å². The van der Waals surface area contributed by atoms with Gasteiger partial charge in [0.2, 0.25) is 0 Å². The Morgan fingerprint density at radius 2 is 1.18 bits per heavy atom. The van der Waals surface area contributed by atoms with E-state index in [1.807, 2.05) is 0 Å². The van der Waals surface area contributed by atoms with Gasteiger partial charge in [-0.1, -0.05) is 0 Å². The minimum absolute atomic E-state index is 0.0653. The number of rotatable bonds is 17. The number of carbonyl (C=O) groups excluding carboxylic acids is 4. The van der Waals surface area contributed by atoms with Crippen LogP contribution in [0, 0.1) is 0 Å². The molecule has 0 unspecified atom stereocenters. The fourth-order valence-corrected chi connectivity index (χ4v) is 2.77. The number of hydrogen-bond donors (Lipinski definition) is 2. The maximum atomic E-state index is 11.9. The molecule has 0 aliphatic heterocycles. The molecule has 40 heavy (non-hydrogen) atoms. The van der Waals surface area contributed by atoms with Crippen molar-refractivity contribution < 1.29 is 57.8 Å². The third-order valence-corrected chi connectivity index (χ3v) is 4.76. The smallest absolute Gasteiger partial charge is 0.494 e. The predicted octanol–water partition coefficient (Wildman–Crippen LogP) is 2.62. The lowest BCUT2D eigenvalue weighted by atomic mass is 10.1. The highest BCUT2D eigenvalue weighted by Crippen LogP contribution is 2.14. The van der Waals surface area contributed by atoms with Crippen molar-refractivity contribution in [2.24, 2.45) is 0 Å². The van der Waals surface area contributed by atoms with E-state index in [9.17, 15) is 19.2 Å². The number of Topliss-reactive ketones (excluding diaryl/α,β-unsaturated/α-hetero) is 2. The molecule has 0 fully saturated rings. The Kier molecular flexibility index (Phi) is 17.8. The molecule has 0 radical (unpaired) electrons. The molecule has 0 atom stereocenters. The first-order valence-electron chi connectivity index (χ1n) is 12.5. The molecule has 0 saturated heterocycles. The van der Waals surface area contributed by atoms with Crippen LogP contribution in [0.5, 0.6) is 11.5 Å². The van der Waals surface area contributed by atoms with Crippen molar-refractivity contribution in [2.45, 2.75) is 19.8 Å². The number of ether oxygens (including phenoxy) is 6. The first-order valence-corrected chi connectivity index (χ1v) is 12.5. The Morgan fingerprint density at radius 3 is 1.68 bits per heavy atom. The molecule has 2 aromatic rings. The zero-order chi connectivity index (χ0) is 29.6. The van der Waals surface area contributed by atoms with Crippen molar-refractivity contribution in [1.82, 2.24) is 0 Å². The normalized spacial score (nSPS) is 10.0. The van der Waals surface area contributed by atoms with E-state index >= 15 is 0 Å². The standard InChI is InChI=1S/C17H22O8.C11H14O4/c1-13(18)22-10-11-24-17(20)25-12-16(19)14-4-6-15(7-5-14)23-9-3-8-21-2;12-6-1-7-15-10-4-2-9(3-5-10)11(14)8-13/h4-7H,3,8-12H2,1-2H3;2-5,12-13H,1,6-8H2. The molecule has 2 rings (SSSR count). The average Bonchev–Trinajstić information content (AvgIpc) is 2.97. The van der Waals surface area contributed by atoms with Crippen molar-refractivity contribution in [3.05, 3.63) is 59.7 Å². The summed E-state index contributed by atoms with van der Waals surface area (Å²) in [5, 5.41) is 17.2. The van der Waals surface area contributed by atoms with Gasteiger partial charge in [-0.3, -0.25) is 14.4 Å². The van der Waals surface area contributed by atoms with E-state index in [2.05, 4.69) is 9.47 Å². The minimum Gasteiger partial charge on any atom is -0.494 e. The second kappa shape index (κ2) is 20.9. The maximum Gasteiger partial charge on any atom is 0.508 e. The summed E-state index contributed by atoms with van der Waals surface area (Å²) in [4.78, 5) is 44.8. The number of methoxy groups -OCH3 is 1. The number of benzene rings is 2. The van der Waals surface area contributed by atoms with Crippen LogP contribution in [0.1, 0.15) is 40.5 Å². The Bertz CT molecular complexity index is 1020. The SMILES string of the molecule is COCCCOc1ccc(C(=O)COC(=O)OCCOC(C)=O)cc1.O=C(CO)c1ccc(OCCCO)cc1. The molecule has 0 heterocycles. The fourth-order valence-electron chi connectivity index (χ4n) is 2.77. The van der Waals surface area contributed by atoms with Crippen LogP contribution in [0.15, 0.2) is 48.5 Å². The molecule has 12 nitrogen and oxygen atoms in total. The Labute approximate surface area is 232 Å². The fraction of sp³-hybridized carbons (Fsp3) is 0.429. The van der Waals surface area contributed by atoms with Crippen LogP contribution in [0.2, 0.25) is 0 Å². The van der Waals surface area contributed by atoms with E-state index < -0.39 is 25.3 Å². The lowest BCUT2D eigenvalue weighted by Crippen LogP contribution is -2.17. The summed E-state index contributed by atoms with van der Waals surface area (Å²) < 4.78 is 29.6. The molecular formula is C28H36O12. The van der Waals surface area contributed by atoms with E-state index in [1.54, 1.807) is 55.6 Å². The molecule has 0 aliphatic rings. The van der Waals surface area contributed by atoms with Gasteiger partial charge in [0, 0.05) is 51.2 Å². The molecule has 2 N–H and O–H groups in total. The molecule has 0 saturated carbocycles. The van der Waals surface area contributed by atoms with E-state index in [4.69, 9.17) is 29.2 Å². The summed E-state index contributed by atoms with van der Waals surface area (Å²) >= 11 is 0. The molecule has 0 aliphatic carbocycles. The number of aliphatic hydroxyl groups excluding tert-OH is 2. The highest BCUT2D eigenvalue weighted by Gasteiger charge is 2.11. The van der Waals surface area contributed by atoms with Crippen LogP contribution < -0.4 is 9.47 Å². The maximum absolute atomic E-state index is 11.9. The second-order valence-corrected chi connectivity index (χ2v) is 7.90. The topological polar surface area (TPSA) is 164 Å². The van der Waals surface area contributed by atoms with Crippen LogP contribution >= 0.6 is 0 Å². The summed E-state index contributed by atoms with van der Waals surface area (Å²) in [6.07, 6.45) is 0.348. The molecule has 220 valence electrons. The molecule has 0 spiro atoms. The monoisotopic (exact) mass is 564 g/mol. The largest absolute Gasteiger partial charge is 0.508 e. The average molecular weight is 565 g/mol. The minimum atomic E-state index is -1.00. The summed E-state index contributed by atoms with van der Waals surface area (Å²) in [6.45, 7) is 1.79. The zero-order valence-corrected chi connectivity index (χ0v) is 22.7. The lowest BCUT2D eigenvalue weighted by molar-refractivity contribution is -0.142. The highest BCUT2D eigenvalue weighted by molar-refractivity contribution is 5.98. The molecular weight excluding hydrogens is 528 g/mol. The summed E-state index contributed by atoms with van der Waals surface area (Å²) in [6, 6.07) is 13.0. The van der Waals surface area contributed by atoms with Crippen molar-refractivity contribution in [3.63, 3.8) is 0 Å². The van der Waals surface area contributed by atoms with Gasteiger partial charge < -0.3 is 38.6 Å². The quantitative estimate of drug-likeness (QED) is 0.164. The van der Waals surface area contributed by atoms with Crippen molar-refractivity contribution in [3.8, 4) is 11.5 Å². The second-order valence-electron chi connectivity index (χ2n) is 7.90. The number of ketones is 2. The predicted molar refractivity (Wildman–Crippen MR) is 142 cm³/mol.